The zero-order chi connectivity index (χ0) is 8.72. The number of aromatic nitrogens is 2. The molecule has 1 aromatic heterocycles. The molecular weight excluding hydrogens is 172 g/mol. The summed E-state index contributed by atoms with van der Waals surface area (Å²) < 4.78 is 1.56. The first-order chi connectivity index (χ1) is 5.68. The Kier molecular flexibility index (Phi) is 1.51. The summed E-state index contributed by atoms with van der Waals surface area (Å²) in [6.07, 6.45) is 0. The number of nitrogens with one attached hydrogen (secondary N) is 1. The van der Waals surface area contributed by atoms with Gasteiger partial charge in [0.15, 0.2) is 0 Å². The van der Waals surface area contributed by atoms with Crippen molar-refractivity contribution in [1.29, 1.82) is 0 Å². The lowest BCUT2D eigenvalue weighted by Gasteiger charge is -1.93. The first-order valence-corrected chi connectivity index (χ1v) is 4.01. The Hall–Kier alpha value is -1.16. The van der Waals surface area contributed by atoms with E-state index in [0.29, 0.717) is 0 Å². The molecule has 2 aromatic rings. The molecule has 0 amide bonds. The number of H-pyrrole nitrogens is 1. The average Bonchev–Trinajstić information content (AvgIpc) is 2.31. The molecule has 0 unspecified atom stereocenters. The van der Waals surface area contributed by atoms with E-state index < -0.39 is 0 Å². The van der Waals surface area contributed by atoms with Crippen LogP contribution in [0, 0.1) is 0 Å². The summed E-state index contributed by atoms with van der Waals surface area (Å²) in [4.78, 5) is 14.7. The predicted molar refractivity (Wildman–Crippen MR) is 50.8 cm³/mol. The second kappa shape index (κ2) is 2.42. The zero-order valence-electron chi connectivity index (χ0n) is 6.53. The van der Waals surface area contributed by atoms with Crippen LogP contribution in [0.4, 0.5) is 0 Å². The van der Waals surface area contributed by atoms with Gasteiger partial charge in [0.1, 0.15) is 0 Å². The van der Waals surface area contributed by atoms with E-state index in [9.17, 15) is 4.79 Å². The molecule has 12 heavy (non-hydrogen) atoms. The number of rotatable bonds is 0. The Morgan fingerprint density at radius 2 is 2.25 bits per heavy atom. The molecule has 0 atom stereocenters. The standard InChI is InChI=1S/C8H8N2OS/c1-10-7-4-5(12)2-3-6(7)9-8(10)11/h2-4,12H,1H3,(H,9,11). The van der Waals surface area contributed by atoms with E-state index in [1.807, 2.05) is 18.2 Å². The fraction of sp³-hybridized carbons (Fsp3) is 0.125. The number of imidazole rings is 1. The van der Waals surface area contributed by atoms with Gasteiger partial charge < -0.3 is 4.98 Å². The molecule has 2 rings (SSSR count). The van der Waals surface area contributed by atoms with Gasteiger partial charge in [-0.25, -0.2) is 4.79 Å². The fourth-order valence-electron chi connectivity index (χ4n) is 1.21. The molecule has 0 saturated carbocycles. The monoisotopic (exact) mass is 180 g/mol. The summed E-state index contributed by atoms with van der Waals surface area (Å²) >= 11 is 4.19. The summed E-state index contributed by atoms with van der Waals surface area (Å²) in [5, 5.41) is 0. The maximum Gasteiger partial charge on any atom is 0.326 e. The first kappa shape index (κ1) is 7.49. The molecule has 0 radical (unpaired) electrons. The Balaban J connectivity index is 2.98. The van der Waals surface area contributed by atoms with Crippen molar-refractivity contribution < 1.29 is 0 Å². The SMILES string of the molecule is Cn1c(=O)[nH]c2ccc(S)cc21. The normalized spacial score (nSPS) is 10.8. The van der Waals surface area contributed by atoms with Crippen LogP contribution in [0.15, 0.2) is 27.9 Å². The van der Waals surface area contributed by atoms with Crippen molar-refractivity contribution >= 4 is 23.7 Å². The molecule has 4 heteroatoms. The van der Waals surface area contributed by atoms with Crippen LogP contribution in [0.3, 0.4) is 0 Å². The fourth-order valence-corrected chi connectivity index (χ4v) is 1.41. The second-order valence-electron chi connectivity index (χ2n) is 2.69. The highest BCUT2D eigenvalue weighted by Gasteiger charge is 2.01. The van der Waals surface area contributed by atoms with Crippen LogP contribution in [0.25, 0.3) is 11.0 Å². The second-order valence-corrected chi connectivity index (χ2v) is 3.21. The summed E-state index contributed by atoms with van der Waals surface area (Å²) in [7, 11) is 1.73. The highest BCUT2D eigenvalue weighted by atomic mass is 32.1. The number of hydrogen-bond donors (Lipinski definition) is 2. The lowest BCUT2D eigenvalue weighted by Crippen LogP contribution is -2.11. The van der Waals surface area contributed by atoms with Crippen molar-refractivity contribution in [2.24, 2.45) is 7.05 Å². The number of thiol groups is 1. The third kappa shape index (κ3) is 0.956. The molecule has 0 fully saturated rings. The molecule has 0 spiro atoms. The van der Waals surface area contributed by atoms with Crippen LogP contribution in [-0.4, -0.2) is 9.55 Å². The van der Waals surface area contributed by atoms with Gasteiger partial charge in [-0.05, 0) is 18.2 Å². The summed E-state index contributed by atoms with van der Waals surface area (Å²) in [5.74, 6) is 0. The van der Waals surface area contributed by atoms with E-state index in [4.69, 9.17) is 0 Å². The Labute approximate surface area is 74.4 Å². The minimum absolute atomic E-state index is 0.0936. The molecule has 1 heterocycles. The molecule has 0 saturated heterocycles. The van der Waals surface area contributed by atoms with Gasteiger partial charge in [-0.1, -0.05) is 0 Å². The van der Waals surface area contributed by atoms with Gasteiger partial charge in [-0.3, -0.25) is 4.57 Å². The van der Waals surface area contributed by atoms with E-state index in [0.717, 1.165) is 15.9 Å². The van der Waals surface area contributed by atoms with Gasteiger partial charge in [0.25, 0.3) is 0 Å². The summed E-state index contributed by atoms with van der Waals surface area (Å²) in [5.41, 5.74) is 1.64. The molecule has 0 aliphatic heterocycles. The quantitative estimate of drug-likeness (QED) is 0.586. The van der Waals surface area contributed by atoms with E-state index in [-0.39, 0.29) is 5.69 Å². The van der Waals surface area contributed by atoms with Gasteiger partial charge in [-0.15, -0.1) is 12.6 Å². The first-order valence-electron chi connectivity index (χ1n) is 3.56. The van der Waals surface area contributed by atoms with E-state index >= 15 is 0 Å². The third-order valence-corrected chi connectivity index (χ3v) is 2.17. The Morgan fingerprint density at radius 1 is 1.50 bits per heavy atom. The minimum Gasteiger partial charge on any atom is -0.306 e. The van der Waals surface area contributed by atoms with Crippen molar-refractivity contribution in [2.45, 2.75) is 4.90 Å². The topological polar surface area (TPSA) is 37.8 Å². The van der Waals surface area contributed by atoms with Crippen LogP contribution < -0.4 is 5.69 Å². The smallest absolute Gasteiger partial charge is 0.306 e. The predicted octanol–water partition coefficient (Wildman–Crippen LogP) is 1.16. The van der Waals surface area contributed by atoms with Gasteiger partial charge >= 0.3 is 5.69 Å². The average molecular weight is 180 g/mol. The van der Waals surface area contributed by atoms with E-state index in [1.54, 1.807) is 11.6 Å². The molecular formula is C8H8N2OS. The third-order valence-electron chi connectivity index (χ3n) is 1.89. The van der Waals surface area contributed by atoms with Crippen molar-refractivity contribution in [3.63, 3.8) is 0 Å². The lowest BCUT2D eigenvalue weighted by atomic mass is 10.3. The highest BCUT2D eigenvalue weighted by molar-refractivity contribution is 7.80. The van der Waals surface area contributed by atoms with Crippen LogP contribution >= 0.6 is 12.6 Å². The van der Waals surface area contributed by atoms with Gasteiger partial charge in [0, 0.05) is 11.9 Å². The Morgan fingerprint density at radius 3 is 3.00 bits per heavy atom. The number of fused-ring (bicyclic) bond motifs is 1. The molecule has 62 valence electrons. The Bertz CT molecular complexity index is 483. The van der Waals surface area contributed by atoms with Crippen molar-refractivity contribution in [1.82, 2.24) is 9.55 Å². The number of hydrogen-bond acceptors (Lipinski definition) is 2. The van der Waals surface area contributed by atoms with Crippen LogP contribution in [0.5, 0.6) is 0 Å². The minimum atomic E-state index is -0.0936. The van der Waals surface area contributed by atoms with Crippen LogP contribution in [-0.2, 0) is 7.05 Å². The number of aromatic amines is 1. The maximum atomic E-state index is 11.1. The molecule has 0 bridgehead atoms. The van der Waals surface area contributed by atoms with Crippen molar-refractivity contribution in [2.75, 3.05) is 0 Å². The molecule has 1 N–H and O–H groups in total. The van der Waals surface area contributed by atoms with Gasteiger partial charge in [0.05, 0.1) is 11.0 Å². The van der Waals surface area contributed by atoms with Crippen molar-refractivity contribution in [3.8, 4) is 0 Å². The zero-order valence-corrected chi connectivity index (χ0v) is 7.43. The summed E-state index contributed by atoms with van der Waals surface area (Å²) in [6.45, 7) is 0. The lowest BCUT2D eigenvalue weighted by molar-refractivity contribution is 0.891. The molecule has 0 aliphatic carbocycles. The largest absolute Gasteiger partial charge is 0.326 e. The van der Waals surface area contributed by atoms with Gasteiger partial charge in [0.2, 0.25) is 0 Å². The summed E-state index contributed by atoms with van der Waals surface area (Å²) in [6, 6.07) is 5.55. The molecule has 3 nitrogen and oxygen atoms in total. The molecule has 0 aliphatic rings. The van der Waals surface area contributed by atoms with Crippen molar-refractivity contribution in [3.05, 3.63) is 28.7 Å². The van der Waals surface area contributed by atoms with Crippen LogP contribution in [0.1, 0.15) is 0 Å². The van der Waals surface area contributed by atoms with E-state index in [1.165, 1.54) is 0 Å². The van der Waals surface area contributed by atoms with Crippen LogP contribution in [0.2, 0.25) is 0 Å². The molecule has 1 aromatic carbocycles. The highest BCUT2D eigenvalue weighted by Crippen LogP contribution is 2.13. The van der Waals surface area contributed by atoms with Gasteiger partial charge in [-0.2, -0.15) is 0 Å². The maximum absolute atomic E-state index is 11.1. The number of aryl methyl sites for hydroxylation is 1. The van der Waals surface area contributed by atoms with E-state index in [2.05, 4.69) is 17.6 Å². The number of benzene rings is 1. The number of nitrogens with zero attached hydrogens (tertiary/aromatic N) is 1.